The molecule has 0 aliphatic rings. The lowest BCUT2D eigenvalue weighted by atomic mass is 10.1. The van der Waals surface area contributed by atoms with E-state index in [1.807, 2.05) is 42.8 Å². The van der Waals surface area contributed by atoms with Crippen molar-refractivity contribution < 1.29 is 19.1 Å². The van der Waals surface area contributed by atoms with Gasteiger partial charge in [0.1, 0.15) is 0 Å². The highest BCUT2D eigenvalue weighted by atomic mass is 16.5. The Morgan fingerprint density at radius 1 is 1.04 bits per heavy atom. The van der Waals surface area contributed by atoms with Gasteiger partial charge in [-0.15, -0.1) is 0 Å². The number of amides is 1. The van der Waals surface area contributed by atoms with Crippen molar-refractivity contribution in [2.45, 2.75) is 19.8 Å². The number of carbonyl (C=O) groups is 3. The first-order valence-electron chi connectivity index (χ1n) is 9.14. The Hall–Kier alpha value is -3.41. The van der Waals surface area contributed by atoms with Crippen molar-refractivity contribution in [3.05, 3.63) is 65.9 Å². The molecule has 1 amide bonds. The summed E-state index contributed by atoms with van der Waals surface area (Å²) in [6.45, 7) is 1.59. The molecule has 28 heavy (non-hydrogen) atoms. The van der Waals surface area contributed by atoms with Crippen LogP contribution in [0.2, 0.25) is 0 Å². The van der Waals surface area contributed by atoms with Crippen LogP contribution in [0.1, 0.15) is 40.5 Å². The van der Waals surface area contributed by atoms with Gasteiger partial charge >= 0.3 is 5.97 Å². The first-order chi connectivity index (χ1) is 13.5. The number of nitrogens with zero attached hydrogens (tertiary/aromatic N) is 1. The standard InChI is InChI=1S/C22H22N2O4/c1-3-6-21(26)23-16-11-9-15(10-12-16)20(25)14-28-22(27)18-13-24(2)19-8-5-4-7-17(18)19/h4-5,7-13H,3,6,14H2,1-2H3,(H,23,26). The number of hydrogen-bond acceptors (Lipinski definition) is 4. The SMILES string of the molecule is CCCC(=O)Nc1ccc(C(=O)COC(=O)c2cn(C)c3ccccc23)cc1. The molecule has 3 rings (SSSR count). The molecule has 0 atom stereocenters. The maximum atomic E-state index is 12.4. The zero-order valence-electron chi connectivity index (χ0n) is 15.9. The van der Waals surface area contributed by atoms with Crippen LogP contribution in [-0.2, 0) is 16.6 Å². The first kappa shape index (κ1) is 19.4. The first-order valence-corrected chi connectivity index (χ1v) is 9.14. The third-order valence-corrected chi connectivity index (χ3v) is 4.42. The highest BCUT2D eigenvalue weighted by Gasteiger charge is 2.17. The predicted octanol–water partition coefficient (Wildman–Crippen LogP) is 3.96. The molecular weight excluding hydrogens is 356 g/mol. The summed E-state index contributed by atoms with van der Waals surface area (Å²) in [6, 6.07) is 14.0. The molecule has 0 saturated heterocycles. The molecule has 3 aromatic rings. The minimum Gasteiger partial charge on any atom is -0.454 e. The predicted molar refractivity (Wildman–Crippen MR) is 108 cm³/mol. The van der Waals surface area contributed by atoms with E-state index in [0.29, 0.717) is 23.2 Å². The van der Waals surface area contributed by atoms with Crippen molar-refractivity contribution in [3.63, 3.8) is 0 Å². The molecule has 0 aliphatic carbocycles. The number of Topliss-reactive ketones (excluding diaryl/α,β-unsaturated/α-hetero) is 1. The maximum Gasteiger partial charge on any atom is 0.340 e. The van der Waals surface area contributed by atoms with E-state index >= 15 is 0 Å². The van der Waals surface area contributed by atoms with Crippen LogP contribution in [0.4, 0.5) is 5.69 Å². The second-order valence-electron chi connectivity index (χ2n) is 6.55. The van der Waals surface area contributed by atoms with Crippen LogP contribution in [0.15, 0.2) is 54.7 Å². The Balaban J connectivity index is 1.62. The number of ether oxygens (including phenoxy) is 1. The fourth-order valence-electron chi connectivity index (χ4n) is 2.99. The van der Waals surface area contributed by atoms with E-state index in [9.17, 15) is 14.4 Å². The lowest BCUT2D eigenvalue weighted by molar-refractivity contribution is -0.116. The minimum atomic E-state index is -0.534. The molecule has 1 aromatic heterocycles. The third kappa shape index (κ3) is 4.28. The molecule has 6 nitrogen and oxygen atoms in total. The maximum absolute atomic E-state index is 12.4. The monoisotopic (exact) mass is 378 g/mol. The minimum absolute atomic E-state index is 0.0643. The fourth-order valence-corrected chi connectivity index (χ4v) is 2.99. The van der Waals surface area contributed by atoms with Crippen LogP contribution in [0.3, 0.4) is 0 Å². The lowest BCUT2D eigenvalue weighted by Crippen LogP contribution is -2.14. The van der Waals surface area contributed by atoms with Gasteiger partial charge in [-0.2, -0.15) is 0 Å². The average molecular weight is 378 g/mol. The normalized spacial score (nSPS) is 10.6. The number of nitrogens with one attached hydrogen (secondary N) is 1. The van der Waals surface area contributed by atoms with Crippen LogP contribution in [-0.4, -0.2) is 28.8 Å². The zero-order valence-corrected chi connectivity index (χ0v) is 15.9. The number of benzene rings is 2. The molecule has 2 aromatic carbocycles. The largest absolute Gasteiger partial charge is 0.454 e. The van der Waals surface area contributed by atoms with E-state index in [1.54, 1.807) is 30.5 Å². The van der Waals surface area contributed by atoms with Crippen LogP contribution in [0, 0.1) is 0 Å². The number of fused-ring (bicyclic) bond motifs is 1. The molecule has 0 spiro atoms. The smallest absolute Gasteiger partial charge is 0.340 e. The summed E-state index contributed by atoms with van der Waals surface area (Å²) in [4.78, 5) is 36.3. The summed E-state index contributed by atoms with van der Waals surface area (Å²) in [5.41, 5.74) is 2.39. The average Bonchev–Trinajstić information content (AvgIpc) is 3.04. The quantitative estimate of drug-likeness (QED) is 0.499. The van der Waals surface area contributed by atoms with Crippen molar-refractivity contribution in [1.82, 2.24) is 4.57 Å². The molecule has 0 unspecified atom stereocenters. The van der Waals surface area contributed by atoms with E-state index in [4.69, 9.17) is 4.74 Å². The molecule has 6 heteroatoms. The van der Waals surface area contributed by atoms with Gasteiger partial charge in [0.05, 0.1) is 5.56 Å². The van der Waals surface area contributed by atoms with Crippen LogP contribution < -0.4 is 5.32 Å². The molecule has 0 bridgehead atoms. The number of rotatable bonds is 7. The number of esters is 1. The Bertz CT molecular complexity index is 1020. The molecule has 0 fully saturated rings. The number of ketones is 1. The molecule has 0 saturated carbocycles. The summed E-state index contributed by atoms with van der Waals surface area (Å²) in [5, 5.41) is 3.55. The highest BCUT2D eigenvalue weighted by molar-refractivity contribution is 6.06. The Morgan fingerprint density at radius 2 is 1.75 bits per heavy atom. The van der Waals surface area contributed by atoms with Gasteiger partial charge in [-0.1, -0.05) is 25.1 Å². The van der Waals surface area contributed by atoms with E-state index in [2.05, 4.69) is 5.32 Å². The summed E-state index contributed by atoms with van der Waals surface area (Å²) in [5.74, 6) is -0.904. The summed E-state index contributed by atoms with van der Waals surface area (Å²) >= 11 is 0. The van der Waals surface area contributed by atoms with Crippen molar-refractivity contribution in [1.29, 1.82) is 0 Å². The molecule has 144 valence electrons. The Kier molecular flexibility index (Phi) is 5.89. The number of carbonyl (C=O) groups excluding carboxylic acids is 3. The summed E-state index contributed by atoms with van der Waals surface area (Å²) < 4.78 is 7.07. The van der Waals surface area contributed by atoms with Gasteiger partial charge in [-0.25, -0.2) is 4.79 Å². The number of hydrogen-bond donors (Lipinski definition) is 1. The van der Waals surface area contributed by atoms with E-state index in [-0.39, 0.29) is 18.3 Å². The number of aryl methyl sites for hydroxylation is 1. The van der Waals surface area contributed by atoms with Crippen molar-refractivity contribution in [2.24, 2.45) is 7.05 Å². The van der Waals surface area contributed by atoms with Crippen molar-refractivity contribution in [3.8, 4) is 0 Å². The molecular formula is C22H22N2O4. The van der Waals surface area contributed by atoms with E-state index < -0.39 is 5.97 Å². The number of para-hydroxylation sites is 1. The second-order valence-corrected chi connectivity index (χ2v) is 6.55. The van der Waals surface area contributed by atoms with Crippen LogP contribution in [0.25, 0.3) is 10.9 Å². The van der Waals surface area contributed by atoms with Crippen LogP contribution in [0.5, 0.6) is 0 Å². The number of anilines is 1. The van der Waals surface area contributed by atoms with Gasteiger partial charge in [0.25, 0.3) is 0 Å². The molecule has 0 radical (unpaired) electrons. The fraction of sp³-hybridized carbons (Fsp3) is 0.227. The third-order valence-electron chi connectivity index (χ3n) is 4.42. The Labute approximate surface area is 163 Å². The topological polar surface area (TPSA) is 77.4 Å². The number of aromatic nitrogens is 1. The van der Waals surface area contributed by atoms with Gasteiger partial charge in [0.2, 0.25) is 5.91 Å². The van der Waals surface area contributed by atoms with E-state index in [1.165, 1.54) is 0 Å². The lowest BCUT2D eigenvalue weighted by Gasteiger charge is -2.06. The van der Waals surface area contributed by atoms with Gasteiger partial charge in [-0.05, 0) is 36.8 Å². The molecule has 0 aliphatic heterocycles. The summed E-state index contributed by atoms with van der Waals surface area (Å²) in [6.07, 6.45) is 2.92. The van der Waals surface area contributed by atoms with Gasteiger partial charge in [-0.3, -0.25) is 9.59 Å². The molecule has 1 N–H and O–H groups in total. The van der Waals surface area contributed by atoms with Crippen LogP contribution >= 0.6 is 0 Å². The Morgan fingerprint density at radius 3 is 2.46 bits per heavy atom. The van der Waals surface area contributed by atoms with E-state index in [0.717, 1.165) is 17.3 Å². The van der Waals surface area contributed by atoms with Crippen molar-refractivity contribution >= 4 is 34.3 Å². The second kappa shape index (κ2) is 8.52. The summed E-state index contributed by atoms with van der Waals surface area (Å²) in [7, 11) is 1.85. The zero-order chi connectivity index (χ0) is 20.1. The highest BCUT2D eigenvalue weighted by Crippen LogP contribution is 2.21. The van der Waals surface area contributed by atoms with Gasteiger partial charge in [0.15, 0.2) is 12.4 Å². The van der Waals surface area contributed by atoms with Gasteiger partial charge < -0.3 is 14.6 Å². The van der Waals surface area contributed by atoms with Crippen molar-refractivity contribution in [2.75, 3.05) is 11.9 Å². The molecule has 1 heterocycles. The van der Waals surface area contributed by atoms with Gasteiger partial charge in [0, 0.05) is 41.8 Å².